The molecule has 0 aliphatic rings. The first-order valence-corrected chi connectivity index (χ1v) is 27.9. The molecule has 0 bridgehead atoms. The minimum Gasteiger partial charge on any atom is -0.462 e. The minimum atomic E-state index is -0.760. The zero-order valence-corrected chi connectivity index (χ0v) is 42.3. The zero-order valence-electron chi connectivity index (χ0n) is 42.3. The molecule has 1 atom stereocenters. The Morgan fingerprint density at radius 1 is 0.306 bits per heavy atom. The van der Waals surface area contributed by atoms with Crippen molar-refractivity contribution in [1.82, 2.24) is 0 Å². The normalized spacial score (nSPS) is 12.0. The molecular weight excluding hydrogens is 769 g/mol. The van der Waals surface area contributed by atoms with Crippen LogP contribution in [0.15, 0.2) is 0 Å². The van der Waals surface area contributed by atoms with E-state index in [2.05, 4.69) is 27.7 Å². The maximum absolute atomic E-state index is 12.8. The summed E-state index contributed by atoms with van der Waals surface area (Å²) in [4.78, 5) is 38.0. The minimum absolute atomic E-state index is 0.0625. The van der Waals surface area contributed by atoms with Crippen molar-refractivity contribution in [3.63, 3.8) is 0 Å². The Morgan fingerprint density at radius 2 is 0.532 bits per heavy atom. The molecule has 0 fully saturated rings. The lowest BCUT2D eigenvalue weighted by molar-refractivity contribution is -0.167. The molecule has 0 aromatic rings. The van der Waals surface area contributed by atoms with Gasteiger partial charge < -0.3 is 14.2 Å². The van der Waals surface area contributed by atoms with Gasteiger partial charge in [-0.15, -0.1) is 0 Å². The molecule has 6 nitrogen and oxygen atoms in total. The fourth-order valence-electron chi connectivity index (χ4n) is 8.57. The van der Waals surface area contributed by atoms with E-state index >= 15 is 0 Å². The third kappa shape index (κ3) is 49.4. The maximum atomic E-state index is 12.8. The van der Waals surface area contributed by atoms with Gasteiger partial charge in [-0.05, 0) is 25.2 Å². The van der Waals surface area contributed by atoms with Gasteiger partial charge in [0.05, 0.1) is 0 Å². The van der Waals surface area contributed by atoms with E-state index in [1.165, 1.54) is 212 Å². The summed E-state index contributed by atoms with van der Waals surface area (Å²) in [7, 11) is 0. The van der Waals surface area contributed by atoms with Crippen LogP contribution in [0.25, 0.3) is 0 Å². The third-order valence-corrected chi connectivity index (χ3v) is 12.8. The second-order valence-electron chi connectivity index (χ2n) is 19.7. The summed E-state index contributed by atoms with van der Waals surface area (Å²) in [5.74, 6) is -0.00226. The molecule has 0 saturated carbocycles. The van der Waals surface area contributed by atoms with Gasteiger partial charge in [0.15, 0.2) is 6.10 Å². The van der Waals surface area contributed by atoms with Crippen LogP contribution in [0.4, 0.5) is 0 Å². The lowest BCUT2D eigenvalue weighted by Crippen LogP contribution is -2.30. The van der Waals surface area contributed by atoms with E-state index in [1.54, 1.807) is 0 Å². The van der Waals surface area contributed by atoms with Gasteiger partial charge in [0.1, 0.15) is 13.2 Å². The van der Waals surface area contributed by atoms with Crippen LogP contribution in [0.2, 0.25) is 0 Å². The Bertz CT molecular complexity index is 933. The smallest absolute Gasteiger partial charge is 0.306 e. The van der Waals surface area contributed by atoms with Gasteiger partial charge in [0.25, 0.3) is 0 Å². The van der Waals surface area contributed by atoms with E-state index in [1.807, 2.05) is 0 Å². The Balaban J connectivity index is 4.22. The molecule has 0 radical (unpaired) electrons. The lowest BCUT2D eigenvalue weighted by atomic mass is 10.0. The van der Waals surface area contributed by atoms with Crippen LogP contribution in [-0.4, -0.2) is 37.2 Å². The topological polar surface area (TPSA) is 78.9 Å². The van der Waals surface area contributed by atoms with Crippen LogP contribution in [0.5, 0.6) is 0 Å². The molecule has 0 saturated heterocycles. The summed E-state index contributed by atoms with van der Waals surface area (Å²) < 4.78 is 16.8. The van der Waals surface area contributed by atoms with Crippen molar-refractivity contribution in [2.24, 2.45) is 5.92 Å². The summed E-state index contributed by atoms with van der Waals surface area (Å²) in [6.07, 6.45) is 53.8. The fourth-order valence-corrected chi connectivity index (χ4v) is 8.57. The number of ether oxygens (including phenoxy) is 3. The van der Waals surface area contributed by atoms with Crippen LogP contribution in [0.1, 0.15) is 317 Å². The van der Waals surface area contributed by atoms with Gasteiger partial charge >= 0.3 is 17.9 Å². The molecule has 0 aliphatic heterocycles. The summed E-state index contributed by atoms with van der Waals surface area (Å²) >= 11 is 0. The average Bonchev–Trinajstić information content (AvgIpc) is 3.26. The first-order chi connectivity index (χ1) is 30.4. The number of esters is 3. The van der Waals surface area contributed by atoms with Gasteiger partial charge in [0, 0.05) is 19.3 Å². The molecule has 0 rings (SSSR count). The van der Waals surface area contributed by atoms with Crippen LogP contribution in [0, 0.1) is 5.92 Å². The Kier molecular flexibility index (Phi) is 49.1. The van der Waals surface area contributed by atoms with Crippen LogP contribution in [0.3, 0.4) is 0 Å². The van der Waals surface area contributed by atoms with Crippen LogP contribution in [-0.2, 0) is 28.6 Å². The van der Waals surface area contributed by atoms with Gasteiger partial charge in [0.2, 0.25) is 0 Å². The van der Waals surface area contributed by atoms with Crippen molar-refractivity contribution in [2.75, 3.05) is 13.2 Å². The molecule has 62 heavy (non-hydrogen) atoms. The monoisotopic (exact) mass is 877 g/mol. The van der Waals surface area contributed by atoms with E-state index in [9.17, 15) is 14.4 Å². The molecule has 0 amide bonds. The first kappa shape index (κ1) is 60.4. The highest BCUT2D eigenvalue weighted by Gasteiger charge is 2.19. The highest BCUT2D eigenvalue weighted by atomic mass is 16.6. The second kappa shape index (κ2) is 50.4. The first-order valence-electron chi connectivity index (χ1n) is 27.9. The number of hydrogen-bond donors (Lipinski definition) is 0. The Morgan fingerprint density at radius 3 is 0.790 bits per heavy atom. The van der Waals surface area contributed by atoms with E-state index in [4.69, 9.17) is 14.2 Å². The van der Waals surface area contributed by atoms with Crippen molar-refractivity contribution in [2.45, 2.75) is 323 Å². The summed E-state index contributed by atoms with van der Waals surface area (Å²) in [5.41, 5.74) is 0. The Hall–Kier alpha value is -1.59. The van der Waals surface area contributed by atoms with E-state index in [-0.39, 0.29) is 31.1 Å². The second-order valence-corrected chi connectivity index (χ2v) is 19.7. The summed E-state index contributed by atoms with van der Waals surface area (Å²) in [6, 6.07) is 0. The molecule has 0 N–H and O–H groups in total. The fraction of sp³-hybridized carbons (Fsp3) is 0.946. The number of carbonyl (C=O) groups is 3. The quantitative estimate of drug-likeness (QED) is 0.0344. The van der Waals surface area contributed by atoms with Crippen molar-refractivity contribution in [1.29, 1.82) is 0 Å². The van der Waals surface area contributed by atoms with Crippen molar-refractivity contribution >= 4 is 17.9 Å². The maximum Gasteiger partial charge on any atom is 0.306 e. The molecule has 0 unspecified atom stereocenters. The zero-order chi connectivity index (χ0) is 45.2. The van der Waals surface area contributed by atoms with Gasteiger partial charge in [-0.1, -0.05) is 278 Å². The summed E-state index contributed by atoms with van der Waals surface area (Å²) in [5, 5.41) is 0. The molecule has 0 spiro atoms. The third-order valence-electron chi connectivity index (χ3n) is 12.8. The number of unbranched alkanes of at least 4 members (excludes halogenated alkanes) is 38. The van der Waals surface area contributed by atoms with Crippen molar-refractivity contribution in [3.05, 3.63) is 0 Å². The lowest BCUT2D eigenvalue weighted by Gasteiger charge is -2.18. The molecule has 0 aromatic heterocycles. The van der Waals surface area contributed by atoms with E-state index < -0.39 is 6.10 Å². The van der Waals surface area contributed by atoms with Gasteiger partial charge in [-0.3, -0.25) is 14.4 Å². The predicted molar refractivity (Wildman–Crippen MR) is 266 cm³/mol. The molecule has 0 aliphatic carbocycles. The van der Waals surface area contributed by atoms with Gasteiger partial charge in [-0.2, -0.15) is 0 Å². The molecule has 368 valence electrons. The number of carbonyl (C=O) groups excluding carboxylic acids is 3. The van der Waals surface area contributed by atoms with Crippen molar-refractivity contribution in [3.8, 4) is 0 Å². The average molecular weight is 877 g/mol. The highest BCUT2D eigenvalue weighted by molar-refractivity contribution is 5.71. The van der Waals surface area contributed by atoms with Crippen molar-refractivity contribution < 1.29 is 28.6 Å². The molecule has 6 heteroatoms. The van der Waals surface area contributed by atoms with Gasteiger partial charge in [-0.25, -0.2) is 0 Å². The van der Waals surface area contributed by atoms with E-state index in [0.29, 0.717) is 19.3 Å². The summed E-state index contributed by atoms with van der Waals surface area (Å²) in [6.45, 7) is 9.03. The predicted octanol–water partition coefficient (Wildman–Crippen LogP) is 18.2. The largest absolute Gasteiger partial charge is 0.462 e. The number of rotatable bonds is 51. The highest BCUT2D eigenvalue weighted by Crippen LogP contribution is 2.18. The van der Waals surface area contributed by atoms with Crippen LogP contribution >= 0.6 is 0 Å². The molecule has 0 heterocycles. The van der Waals surface area contributed by atoms with E-state index in [0.717, 1.165) is 63.7 Å². The number of hydrogen-bond acceptors (Lipinski definition) is 6. The standard InChI is InChI=1S/C56H108O6/c1-5-7-9-11-13-15-16-17-18-19-20-21-22-25-29-33-37-41-45-49-56(59)62-53(50-60-54(57)47-43-39-35-30-14-12-10-8-6-2)51-61-55(58)48-44-40-36-32-28-26-23-24-27-31-34-38-42-46-52(3)4/h52-53H,5-51H2,1-4H3/t53-/m0/s1. The molecular formula is C56H108O6. The van der Waals surface area contributed by atoms with Crippen LogP contribution < -0.4 is 0 Å². The Labute approximate surface area is 387 Å². The molecule has 0 aromatic carbocycles. The SMILES string of the molecule is CCCCCCCCCCCCCCCCCCCCCC(=O)O[C@@H](COC(=O)CCCCCCCCCCC)COC(=O)CCCCCCCCCCCCCCCC(C)C.